The minimum atomic E-state index is 0.551. The summed E-state index contributed by atoms with van der Waals surface area (Å²) in [5.74, 6) is 0.909. The molecule has 0 amide bonds. The second-order valence-electron chi connectivity index (χ2n) is 5.20. The third-order valence-corrected chi connectivity index (χ3v) is 3.73. The summed E-state index contributed by atoms with van der Waals surface area (Å²) in [5.41, 5.74) is 0. The molecule has 2 aliphatic rings. The van der Waals surface area contributed by atoms with Gasteiger partial charge in [0.15, 0.2) is 0 Å². The van der Waals surface area contributed by atoms with Crippen molar-refractivity contribution in [2.24, 2.45) is 5.92 Å². The molecule has 3 heteroatoms. The van der Waals surface area contributed by atoms with E-state index in [-0.39, 0.29) is 0 Å². The zero-order valence-electron chi connectivity index (χ0n) is 10.0. The molecule has 0 aromatic heterocycles. The van der Waals surface area contributed by atoms with Crippen molar-refractivity contribution in [2.45, 2.75) is 38.8 Å². The van der Waals surface area contributed by atoms with Gasteiger partial charge < -0.3 is 10.1 Å². The zero-order valence-corrected chi connectivity index (χ0v) is 10.0. The second-order valence-corrected chi connectivity index (χ2v) is 5.20. The number of nitrogens with one attached hydrogen (secondary N) is 1. The van der Waals surface area contributed by atoms with Gasteiger partial charge in [-0.3, -0.25) is 4.90 Å². The summed E-state index contributed by atoms with van der Waals surface area (Å²) in [6.45, 7) is 9.94. The molecule has 2 saturated heterocycles. The molecule has 0 aliphatic carbocycles. The van der Waals surface area contributed by atoms with Crippen LogP contribution in [0.1, 0.15) is 26.7 Å². The lowest BCUT2D eigenvalue weighted by Gasteiger charge is -2.39. The monoisotopic (exact) mass is 212 g/mol. The Kier molecular flexibility index (Phi) is 4.00. The van der Waals surface area contributed by atoms with Crippen molar-refractivity contribution in [1.29, 1.82) is 0 Å². The van der Waals surface area contributed by atoms with Crippen LogP contribution in [0, 0.1) is 5.92 Å². The van der Waals surface area contributed by atoms with E-state index in [1.807, 2.05) is 0 Å². The topological polar surface area (TPSA) is 24.5 Å². The highest BCUT2D eigenvalue weighted by Gasteiger charge is 2.25. The molecule has 0 saturated carbocycles. The van der Waals surface area contributed by atoms with Gasteiger partial charge in [0.25, 0.3) is 0 Å². The first-order chi connectivity index (χ1) is 7.25. The van der Waals surface area contributed by atoms with Gasteiger partial charge in [-0.05, 0) is 32.2 Å². The molecule has 1 N–H and O–H groups in total. The van der Waals surface area contributed by atoms with Crippen LogP contribution < -0.4 is 5.32 Å². The lowest BCUT2D eigenvalue weighted by molar-refractivity contribution is 0.0438. The predicted octanol–water partition coefficient (Wildman–Crippen LogP) is 1.10. The quantitative estimate of drug-likeness (QED) is 0.742. The summed E-state index contributed by atoms with van der Waals surface area (Å²) >= 11 is 0. The van der Waals surface area contributed by atoms with Gasteiger partial charge in [-0.25, -0.2) is 0 Å². The summed E-state index contributed by atoms with van der Waals surface area (Å²) in [6, 6.07) is 1.30. The maximum Gasteiger partial charge on any atom is 0.0632 e. The molecule has 3 nitrogen and oxygen atoms in total. The van der Waals surface area contributed by atoms with E-state index in [0.717, 1.165) is 38.3 Å². The Bertz CT molecular complexity index is 192. The van der Waals surface area contributed by atoms with E-state index in [4.69, 9.17) is 4.74 Å². The normalized spacial score (nSPS) is 39.2. The van der Waals surface area contributed by atoms with Crippen LogP contribution in [0.2, 0.25) is 0 Å². The molecule has 2 rings (SSSR count). The number of hydrogen-bond acceptors (Lipinski definition) is 3. The number of rotatable bonds is 2. The summed E-state index contributed by atoms with van der Waals surface area (Å²) < 4.78 is 5.49. The van der Waals surface area contributed by atoms with E-state index in [0.29, 0.717) is 6.04 Å². The molecule has 3 unspecified atom stereocenters. The van der Waals surface area contributed by atoms with Crippen LogP contribution in [0.25, 0.3) is 0 Å². The van der Waals surface area contributed by atoms with E-state index >= 15 is 0 Å². The smallest absolute Gasteiger partial charge is 0.0632 e. The number of ether oxygens (including phenoxy) is 1. The van der Waals surface area contributed by atoms with Crippen molar-refractivity contribution in [1.82, 2.24) is 10.2 Å². The van der Waals surface area contributed by atoms with Crippen LogP contribution in [0.5, 0.6) is 0 Å². The lowest BCUT2D eigenvalue weighted by Crippen LogP contribution is -2.52. The van der Waals surface area contributed by atoms with Crippen LogP contribution in [0.15, 0.2) is 0 Å². The SMILES string of the molecule is CC1CCN(CC2COCCN2)C(C)C1. The molecular weight excluding hydrogens is 188 g/mol. The van der Waals surface area contributed by atoms with Crippen LogP contribution in [0.4, 0.5) is 0 Å². The molecule has 3 atom stereocenters. The van der Waals surface area contributed by atoms with E-state index in [1.54, 1.807) is 0 Å². The van der Waals surface area contributed by atoms with Crippen molar-refractivity contribution in [3.8, 4) is 0 Å². The average Bonchev–Trinajstić information content (AvgIpc) is 2.24. The first-order valence-corrected chi connectivity index (χ1v) is 6.31. The second kappa shape index (κ2) is 5.28. The summed E-state index contributed by atoms with van der Waals surface area (Å²) in [7, 11) is 0. The predicted molar refractivity (Wildman–Crippen MR) is 62.0 cm³/mol. The molecular formula is C12H24N2O. The van der Waals surface area contributed by atoms with Gasteiger partial charge in [0, 0.05) is 25.2 Å². The van der Waals surface area contributed by atoms with Crippen molar-refractivity contribution in [2.75, 3.05) is 32.8 Å². The maximum absolute atomic E-state index is 5.49. The van der Waals surface area contributed by atoms with E-state index < -0.39 is 0 Å². The fraction of sp³-hybridized carbons (Fsp3) is 1.00. The first kappa shape index (κ1) is 11.4. The number of nitrogens with zero attached hydrogens (tertiary/aromatic N) is 1. The van der Waals surface area contributed by atoms with Crippen molar-refractivity contribution < 1.29 is 4.74 Å². The lowest BCUT2D eigenvalue weighted by atomic mass is 9.93. The Morgan fingerprint density at radius 3 is 2.93 bits per heavy atom. The number of likely N-dealkylation sites (tertiary alicyclic amines) is 1. The molecule has 0 bridgehead atoms. The van der Waals surface area contributed by atoms with Crippen molar-refractivity contribution >= 4 is 0 Å². The van der Waals surface area contributed by atoms with E-state index in [1.165, 1.54) is 19.4 Å². The van der Waals surface area contributed by atoms with Crippen molar-refractivity contribution in [3.05, 3.63) is 0 Å². The number of piperidine rings is 1. The fourth-order valence-corrected chi connectivity index (χ4v) is 2.75. The highest BCUT2D eigenvalue weighted by atomic mass is 16.5. The third kappa shape index (κ3) is 3.16. The van der Waals surface area contributed by atoms with Gasteiger partial charge in [0.2, 0.25) is 0 Å². The molecule has 0 aromatic rings. The zero-order chi connectivity index (χ0) is 10.7. The highest BCUT2D eigenvalue weighted by molar-refractivity contribution is 4.82. The molecule has 2 aliphatic heterocycles. The van der Waals surface area contributed by atoms with Gasteiger partial charge in [-0.2, -0.15) is 0 Å². The van der Waals surface area contributed by atoms with Gasteiger partial charge in [0.05, 0.1) is 13.2 Å². The number of morpholine rings is 1. The molecule has 2 fully saturated rings. The minimum Gasteiger partial charge on any atom is -0.378 e. The third-order valence-electron chi connectivity index (χ3n) is 3.73. The average molecular weight is 212 g/mol. The number of hydrogen-bond donors (Lipinski definition) is 1. The van der Waals surface area contributed by atoms with Gasteiger partial charge >= 0.3 is 0 Å². The maximum atomic E-state index is 5.49. The Labute approximate surface area is 93.2 Å². The molecule has 0 aromatic carbocycles. The van der Waals surface area contributed by atoms with E-state index in [2.05, 4.69) is 24.1 Å². The Morgan fingerprint density at radius 2 is 2.27 bits per heavy atom. The van der Waals surface area contributed by atoms with Gasteiger partial charge in [-0.1, -0.05) is 6.92 Å². The summed E-state index contributed by atoms with van der Waals surface area (Å²) in [6.07, 6.45) is 2.71. The molecule has 88 valence electrons. The highest BCUT2D eigenvalue weighted by Crippen LogP contribution is 2.22. The van der Waals surface area contributed by atoms with Crippen LogP contribution in [0.3, 0.4) is 0 Å². The Balaban J connectivity index is 1.77. The molecule has 0 spiro atoms. The largest absolute Gasteiger partial charge is 0.378 e. The minimum absolute atomic E-state index is 0.551. The van der Waals surface area contributed by atoms with Crippen LogP contribution in [-0.4, -0.2) is 49.8 Å². The van der Waals surface area contributed by atoms with Crippen molar-refractivity contribution in [3.63, 3.8) is 0 Å². The fourth-order valence-electron chi connectivity index (χ4n) is 2.75. The Hall–Kier alpha value is -0.120. The summed E-state index contributed by atoms with van der Waals surface area (Å²) in [4.78, 5) is 2.62. The molecule has 2 heterocycles. The molecule has 0 radical (unpaired) electrons. The Morgan fingerprint density at radius 1 is 1.40 bits per heavy atom. The van der Waals surface area contributed by atoms with E-state index in [9.17, 15) is 0 Å². The summed E-state index contributed by atoms with van der Waals surface area (Å²) in [5, 5.41) is 3.53. The van der Waals surface area contributed by atoms with Gasteiger partial charge in [0.1, 0.15) is 0 Å². The van der Waals surface area contributed by atoms with Crippen LogP contribution >= 0.6 is 0 Å². The van der Waals surface area contributed by atoms with Gasteiger partial charge in [-0.15, -0.1) is 0 Å². The molecule has 15 heavy (non-hydrogen) atoms. The van der Waals surface area contributed by atoms with Crippen LogP contribution in [-0.2, 0) is 4.74 Å². The standard InChI is InChI=1S/C12H24N2O/c1-10-3-5-14(11(2)7-10)8-12-9-15-6-4-13-12/h10-13H,3-9H2,1-2H3. The first-order valence-electron chi connectivity index (χ1n) is 6.31.